The first-order chi connectivity index (χ1) is 4.57. The Bertz CT molecular complexity index is 236. The van der Waals surface area contributed by atoms with Crippen molar-refractivity contribution in [3.8, 4) is 0 Å². The molecule has 0 spiro atoms. The number of hydrogen-bond donors (Lipinski definition) is 0. The molecule has 2 atom stereocenters. The van der Waals surface area contributed by atoms with Gasteiger partial charge in [0, 0.05) is 7.05 Å². The predicted octanol–water partition coefficient (Wildman–Crippen LogP) is 0.0112. The SMILES string of the molecule is CN1C(=O)[C@@H]2C[C@]2(C)C1=O. The zero-order chi connectivity index (χ0) is 7.52. The molecule has 0 aromatic carbocycles. The van der Waals surface area contributed by atoms with Crippen LogP contribution < -0.4 is 0 Å². The van der Waals surface area contributed by atoms with Crippen LogP contribution in [0.15, 0.2) is 0 Å². The van der Waals surface area contributed by atoms with Gasteiger partial charge in [-0.1, -0.05) is 0 Å². The minimum Gasteiger partial charge on any atom is -0.285 e. The standard InChI is InChI=1S/C7H9NO2/c1-7-3-4(7)5(9)8(2)6(7)10/h4H,3H2,1-2H3/t4-,7-/m0/s1. The van der Waals surface area contributed by atoms with Gasteiger partial charge in [0.25, 0.3) is 0 Å². The molecule has 54 valence electrons. The van der Waals surface area contributed by atoms with Gasteiger partial charge in [0.15, 0.2) is 0 Å². The van der Waals surface area contributed by atoms with Gasteiger partial charge < -0.3 is 0 Å². The molecule has 1 saturated heterocycles. The highest BCUT2D eigenvalue weighted by molar-refractivity contribution is 6.10. The Balaban J connectivity index is 2.40. The van der Waals surface area contributed by atoms with E-state index in [-0.39, 0.29) is 23.1 Å². The third kappa shape index (κ3) is 0.394. The van der Waals surface area contributed by atoms with Crippen molar-refractivity contribution >= 4 is 11.8 Å². The summed E-state index contributed by atoms with van der Waals surface area (Å²) in [6.45, 7) is 1.86. The van der Waals surface area contributed by atoms with E-state index in [1.165, 1.54) is 4.90 Å². The van der Waals surface area contributed by atoms with Crippen LogP contribution in [0.4, 0.5) is 0 Å². The summed E-state index contributed by atoms with van der Waals surface area (Å²) < 4.78 is 0. The maximum atomic E-state index is 11.2. The van der Waals surface area contributed by atoms with Crippen LogP contribution in [0, 0.1) is 11.3 Å². The molecule has 0 unspecified atom stereocenters. The number of rotatable bonds is 0. The molecular weight excluding hydrogens is 130 g/mol. The van der Waals surface area contributed by atoms with Crippen LogP contribution in [0.2, 0.25) is 0 Å². The second kappa shape index (κ2) is 1.26. The number of fused-ring (bicyclic) bond motifs is 1. The summed E-state index contributed by atoms with van der Waals surface area (Å²) in [7, 11) is 1.56. The number of nitrogens with zero attached hydrogens (tertiary/aromatic N) is 1. The minimum absolute atomic E-state index is 0.00231. The van der Waals surface area contributed by atoms with Crippen molar-refractivity contribution in [2.24, 2.45) is 11.3 Å². The summed E-state index contributed by atoms with van der Waals surface area (Å²) in [5, 5.41) is 0. The molecule has 0 bridgehead atoms. The fourth-order valence-electron chi connectivity index (χ4n) is 1.68. The van der Waals surface area contributed by atoms with Crippen molar-refractivity contribution in [3.63, 3.8) is 0 Å². The summed E-state index contributed by atoms with van der Waals surface area (Å²) in [5.74, 6) is 0.0278. The fourth-order valence-corrected chi connectivity index (χ4v) is 1.68. The Morgan fingerprint density at radius 1 is 1.60 bits per heavy atom. The van der Waals surface area contributed by atoms with Gasteiger partial charge in [-0.15, -0.1) is 0 Å². The molecule has 0 aromatic rings. The van der Waals surface area contributed by atoms with Crippen LogP contribution in [-0.2, 0) is 9.59 Å². The molecule has 1 saturated carbocycles. The van der Waals surface area contributed by atoms with Crippen LogP contribution in [0.3, 0.4) is 0 Å². The summed E-state index contributed by atoms with van der Waals surface area (Å²) in [6, 6.07) is 0. The molecule has 1 aliphatic carbocycles. The second-order valence-electron chi connectivity index (χ2n) is 3.38. The van der Waals surface area contributed by atoms with Crippen molar-refractivity contribution in [1.82, 2.24) is 4.90 Å². The number of hydrogen-bond acceptors (Lipinski definition) is 2. The summed E-state index contributed by atoms with van der Waals surface area (Å²) in [6.07, 6.45) is 0.773. The lowest BCUT2D eigenvalue weighted by Crippen LogP contribution is -2.30. The first-order valence-electron chi connectivity index (χ1n) is 3.39. The number of amides is 2. The molecule has 3 nitrogen and oxygen atoms in total. The predicted molar refractivity (Wildman–Crippen MR) is 34.0 cm³/mol. The van der Waals surface area contributed by atoms with E-state index in [9.17, 15) is 9.59 Å². The van der Waals surface area contributed by atoms with Crippen molar-refractivity contribution in [3.05, 3.63) is 0 Å². The van der Waals surface area contributed by atoms with Crippen molar-refractivity contribution < 1.29 is 9.59 Å². The first-order valence-corrected chi connectivity index (χ1v) is 3.39. The Morgan fingerprint density at radius 2 is 2.20 bits per heavy atom. The van der Waals surface area contributed by atoms with E-state index < -0.39 is 0 Å². The summed E-state index contributed by atoms with van der Waals surface area (Å²) >= 11 is 0. The molecule has 1 heterocycles. The molecule has 10 heavy (non-hydrogen) atoms. The van der Waals surface area contributed by atoms with E-state index in [0.717, 1.165) is 6.42 Å². The fraction of sp³-hybridized carbons (Fsp3) is 0.714. The minimum atomic E-state index is -0.300. The molecule has 0 N–H and O–H groups in total. The Morgan fingerprint density at radius 3 is 2.40 bits per heavy atom. The van der Waals surface area contributed by atoms with Gasteiger partial charge in [0.1, 0.15) is 0 Å². The van der Waals surface area contributed by atoms with Crippen molar-refractivity contribution in [2.45, 2.75) is 13.3 Å². The number of piperidine rings is 1. The van der Waals surface area contributed by atoms with Gasteiger partial charge >= 0.3 is 0 Å². The molecule has 3 heteroatoms. The maximum Gasteiger partial charge on any atom is 0.235 e. The van der Waals surface area contributed by atoms with Crippen LogP contribution in [0.1, 0.15) is 13.3 Å². The maximum absolute atomic E-state index is 11.2. The van der Waals surface area contributed by atoms with Gasteiger partial charge in [0.2, 0.25) is 11.8 Å². The van der Waals surface area contributed by atoms with E-state index in [4.69, 9.17) is 0 Å². The molecule has 2 aliphatic rings. The largest absolute Gasteiger partial charge is 0.285 e. The van der Waals surface area contributed by atoms with E-state index in [2.05, 4.69) is 0 Å². The van der Waals surface area contributed by atoms with Gasteiger partial charge in [-0.25, -0.2) is 0 Å². The van der Waals surface area contributed by atoms with Gasteiger partial charge in [0.05, 0.1) is 11.3 Å². The molecule has 2 fully saturated rings. The molecule has 2 amide bonds. The zero-order valence-corrected chi connectivity index (χ0v) is 6.05. The third-order valence-corrected chi connectivity index (χ3v) is 2.66. The van der Waals surface area contributed by atoms with Gasteiger partial charge in [-0.3, -0.25) is 14.5 Å². The molecule has 1 aliphatic heterocycles. The molecular formula is C7H9NO2. The molecule has 2 rings (SSSR count). The number of imide groups is 1. The molecule has 0 aromatic heterocycles. The molecule has 0 radical (unpaired) electrons. The lowest BCUT2D eigenvalue weighted by Gasteiger charge is -2.09. The smallest absolute Gasteiger partial charge is 0.235 e. The third-order valence-electron chi connectivity index (χ3n) is 2.66. The second-order valence-corrected chi connectivity index (χ2v) is 3.38. The van der Waals surface area contributed by atoms with Gasteiger partial charge in [-0.05, 0) is 13.3 Å². The summed E-state index contributed by atoms with van der Waals surface area (Å²) in [5.41, 5.74) is -0.300. The van der Waals surface area contributed by atoms with Crippen LogP contribution in [-0.4, -0.2) is 23.8 Å². The Labute approximate surface area is 59.0 Å². The van der Waals surface area contributed by atoms with E-state index >= 15 is 0 Å². The zero-order valence-electron chi connectivity index (χ0n) is 6.05. The highest BCUT2D eigenvalue weighted by atomic mass is 16.2. The number of carbonyl (C=O) groups excluding carboxylic acids is 2. The van der Waals surface area contributed by atoms with E-state index in [0.29, 0.717) is 0 Å². The van der Waals surface area contributed by atoms with Crippen molar-refractivity contribution in [2.75, 3.05) is 7.05 Å². The quantitative estimate of drug-likeness (QED) is 0.443. The lowest BCUT2D eigenvalue weighted by atomic mass is 10.1. The Hall–Kier alpha value is -0.860. The van der Waals surface area contributed by atoms with E-state index in [1.54, 1.807) is 7.05 Å². The monoisotopic (exact) mass is 139 g/mol. The number of carbonyl (C=O) groups is 2. The van der Waals surface area contributed by atoms with Crippen molar-refractivity contribution in [1.29, 1.82) is 0 Å². The van der Waals surface area contributed by atoms with Crippen LogP contribution in [0.25, 0.3) is 0 Å². The number of likely N-dealkylation sites (tertiary alicyclic amines) is 1. The lowest BCUT2D eigenvalue weighted by molar-refractivity contribution is -0.140. The highest BCUT2D eigenvalue weighted by Gasteiger charge is 2.67. The normalized spacial score (nSPS) is 44.2. The van der Waals surface area contributed by atoms with E-state index in [1.807, 2.05) is 6.92 Å². The Kier molecular flexibility index (Phi) is 0.743. The van der Waals surface area contributed by atoms with Crippen LogP contribution >= 0.6 is 0 Å². The summed E-state index contributed by atoms with van der Waals surface area (Å²) in [4.78, 5) is 23.5. The average Bonchev–Trinajstić information content (AvgIpc) is 2.54. The average molecular weight is 139 g/mol. The van der Waals surface area contributed by atoms with Crippen LogP contribution in [0.5, 0.6) is 0 Å². The topological polar surface area (TPSA) is 37.4 Å². The first kappa shape index (κ1) is 5.89. The highest BCUT2D eigenvalue weighted by Crippen LogP contribution is 2.58. The van der Waals surface area contributed by atoms with Gasteiger partial charge in [-0.2, -0.15) is 0 Å².